The van der Waals surface area contributed by atoms with Gasteiger partial charge in [0.15, 0.2) is 0 Å². The number of halogens is 1. The average Bonchev–Trinajstić information content (AvgIpc) is 2.21. The first-order valence-electron chi connectivity index (χ1n) is 5.05. The lowest BCUT2D eigenvalue weighted by molar-refractivity contribution is 0.349. The molecular formula is C12H16ClN. The topological polar surface area (TPSA) is 12.0 Å². The monoisotopic (exact) mass is 209 g/mol. The van der Waals surface area contributed by atoms with Crippen molar-refractivity contribution in [3.63, 3.8) is 0 Å². The molecule has 0 unspecified atom stereocenters. The van der Waals surface area contributed by atoms with Gasteiger partial charge in [0, 0.05) is 18.1 Å². The normalized spacial score (nSPS) is 19.9. The van der Waals surface area contributed by atoms with E-state index in [0.717, 1.165) is 24.5 Å². The van der Waals surface area contributed by atoms with Crippen molar-refractivity contribution in [3.8, 4) is 0 Å². The van der Waals surface area contributed by atoms with Crippen LogP contribution in [0, 0.1) is 5.41 Å². The number of benzene rings is 1. The Morgan fingerprint density at radius 2 is 2.07 bits per heavy atom. The Balaban J connectivity index is 2.38. The highest BCUT2D eigenvalue weighted by molar-refractivity contribution is 6.30. The molecule has 0 aromatic heterocycles. The van der Waals surface area contributed by atoms with Crippen LogP contribution in [0.4, 0.5) is 0 Å². The minimum absolute atomic E-state index is 0.329. The molecule has 1 heterocycles. The number of hydrogen-bond acceptors (Lipinski definition) is 1. The zero-order valence-corrected chi connectivity index (χ0v) is 9.49. The summed E-state index contributed by atoms with van der Waals surface area (Å²) in [5.41, 5.74) is 3.11. The van der Waals surface area contributed by atoms with E-state index in [1.54, 1.807) is 0 Å². The summed E-state index contributed by atoms with van der Waals surface area (Å²) in [4.78, 5) is 0. The molecule has 0 radical (unpaired) electrons. The van der Waals surface area contributed by atoms with Crippen LogP contribution in [0.5, 0.6) is 0 Å². The zero-order valence-electron chi connectivity index (χ0n) is 8.73. The quantitative estimate of drug-likeness (QED) is 0.693. The summed E-state index contributed by atoms with van der Waals surface area (Å²) in [5, 5.41) is 4.32. The van der Waals surface area contributed by atoms with Gasteiger partial charge in [-0.05, 0) is 35.1 Å². The summed E-state index contributed by atoms with van der Waals surface area (Å²) in [7, 11) is 0. The van der Waals surface area contributed by atoms with Gasteiger partial charge in [-0.15, -0.1) is 0 Å². The molecule has 1 N–H and O–H groups in total. The van der Waals surface area contributed by atoms with Crippen molar-refractivity contribution in [2.24, 2.45) is 5.41 Å². The van der Waals surface area contributed by atoms with E-state index in [0.29, 0.717) is 5.41 Å². The Morgan fingerprint density at radius 3 is 2.86 bits per heavy atom. The molecule has 0 amide bonds. The molecule has 1 aliphatic rings. The highest BCUT2D eigenvalue weighted by Gasteiger charge is 2.22. The second kappa shape index (κ2) is 3.56. The standard InChI is InChI=1S/C12H16ClN/c1-12(2)6-10-5-11(13)4-3-9(10)7-14-8-12/h3-5,14H,6-8H2,1-2H3. The van der Waals surface area contributed by atoms with Gasteiger partial charge in [0.1, 0.15) is 0 Å². The van der Waals surface area contributed by atoms with Gasteiger partial charge in [-0.3, -0.25) is 0 Å². The minimum Gasteiger partial charge on any atom is -0.312 e. The molecule has 2 heteroatoms. The molecule has 76 valence electrons. The third-order valence-corrected chi connectivity index (χ3v) is 2.99. The lowest BCUT2D eigenvalue weighted by Crippen LogP contribution is -2.27. The molecule has 0 aliphatic carbocycles. The maximum absolute atomic E-state index is 6.00. The van der Waals surface area contributed by atoms with Gasteiger partial charge in [0.05, 0.1) is 0 Å². The van der Waals surface area contributed by atoms with Gasteiger partial charge in [-0.2, -0.15) is 0 Å². The second-order valence-corrected chi connectivity index (χ2v) is 5.29. The van der Waals surface area contributed by atoms with E-state index >= 15 is 0 Å². The highest BCUT2D eigenvalue weighted by atomic mass is 35.5. The molecule has 0 saturated carbocycles. The highest BCUT2D eigenvalue weighted by Crippen LogP contribution is 2.27. The van der Waals surface area contributed by atoms with Gasteiger partial charge in [-0.1, -0.05) is 31.5 Å². The Morgan fingerprint density at radius 1 is 1.29 bits per heavy atom. The number of nitrogens with one attached hydrogen (secondary N) is 1. The fourth-order valence-electron chi connectivity index (χ4n) is 2.05. The van der Waals surface area contributed by atoms with Gasteiger partial charge in [0.25, 0.3) is 0 Å². The van der Waals surface area contributed by atoms with Crippen LogP contribution in [0.2, 0.25) is 5.02 Å². The Labute approximate surface area is 90.5 Å². The van der Waals surface area contributed by atoms with Crippen molar-refractivity contribution in [1.29, 1.82) is 0 Å². The molecule has 1 nitrogen and oxygen atoms in total. The number of hydrogen-bond donors (Lipinski definition) is 1. The summed E-state index contributed by atoms with van der Waals surface area (Å²) in [6.07, 6.45) is 1.11. The van der Waals surface area contributed by atoms with E-state index in [-0.39, 0.29) is 0 Å². The first-order chi connectivity index (χ1) is 6.57. The molecule has 0 atom stereocenters. The third kappa shape index (κ3) is 2.10. The Hall–Kier alpha value is -0.530. The smallest absolute Gasteiger partial charge is 0.0408 e. The molecule has 2 rings (SSSR count). The van der Waals surface area contributed by atoms with Crippen LogP contribution in [-0.2, 0) is 13.0 Å². The Kier molecular flexibility index (Phi) is 2.54. The fraction of sp³-hybridized carbons (Fsp3) is 0.500. The van der Waals surface area contributed by atoms with Gasteiger partial charge >= 0.3 is 0 Å². The number of fused-ring (bicyclic) bond motifs is 1. The van der Waals surface area contributed by atoms with Gasteiger partial charge in [-0.25, -0.2) is 0 Å². The minimum atomic E-state index is 0.329. The molecule has 1 aromatic carbocycles. The second-order valence-electron chi connectivity index (χ2n) is 4.86. The molecule has 1 aromatic rings. The summed E-state index contributed by atoms with van der Waals surface area (Å²) in [6.45, 7) is 6.61. The van der Waals surface area contributed by atoms with Crippen LogP contribution in [-0.4, -0.2) is 6.54 Å². The molecule has 14 heavy (non-hydrogen) atoms. The van der Waals surface area contributed by atoms with Crippen molar-refractivity contribution >= 4 is 11.6 Å². The fourth-order valence-corrected chi connectivity index (χ4v) is 2.24. The zero-order chi connectivity index (χ0) is 10.2. The van der Waals surface area contributed by atoms with E-state index in [2.05, 4.69) is 31.3 Å². The van der Waals surface area contributed by atoms with Crippen molar-refractivity contribution in [3.05, 3.63) is 34.3 Å². The predicted molar refractivity (Wildman–Crippen MR) is 60.6 cm³/mol. The van der Waals surface area contributed by atoms with E-state index in [9.17, 15) is 0 Å². The molecule has 1 aliphatic heterocycles. The summed E-state index contributed by atoms with van der Waals surface area (Å²) in [5.74, 6) is 0. The Bertz CT molecular complexity index is 344. The molecule has 0 fully saturated rings. The number of rotatable bonds is 0. The van der Waals surface area contributed by atoms with Gasteiger partial charge in [0.2, 0.25) is 0 Å². The molecular weight excluding hydrogens is 194 g/mol. The average molecular weight is 210 g/mol. The van der Waals surface area contributed by atoms with Crippen molar-refractivity contribution < 1.29 is 0 Å². The van der Waals surface area contributed by atoms with E-state index in [4.69, 9.17) is 11.6 Å². The first-order valence-corrected chi connectivity index (χ1v) is 5.43. The van der Waals surface area contributed by atoms with Crippen LogP contribution in [0.25, 0.3) is 0 Å². The van der Waals surface area contributed by atoms with Gasteiger partial charge < -0.3 is 5.32 Å². The van der Waals surface area contributed by atoms with Crippen LogP contribution in [0.3, 0.4) is 0 Å². The van der Waals surface area contributed by atoms with Crippen molar-refractivity contribution in [2.75, 3.05) is 6.54 Å². The van der Waals surface area contributed by atoms with E-state index < -0.39 is 0 Å². The van der Waals surface area contributed by atoms with Crippen LogP contribution < -0.4 is 5.32 Å². The van der Waals surface area contributed by atoms with E-state index in [1.165, 1.54) is 11.1 Å². The summed E-state index contributed by atoms with van der Waals surface area (Å²) >= 11 is 6.00. The molecule has 0 spiro atoms. The van der Waals surface area contributed by atoms with Crippen LogP contribution >= 0.6 is 11.6 Å². The predicted octanol–water partition coefficient (Wildman–Crippen LogP) is 3.01. The first kappa shape index (κ1) is 10.0. The largest absolute Gasteiger partial charge is 0.312 e. The third-order valence-electron chi connectivity index (χ3n) is 2.76. The SMILES string of the molecule is CC1(C)CNCc2ccc(Cl)cc2C1. The summed E-state index contributed by atoms with van der Waals surface area (Å²) in [6, 6.07) is 6.21. The van der Waals surface area contributed by atoms with E-state index in [1.807, 2.05) is 6.07 Å². The van der Waals surface area contributed by atoms with Crippen molar-refractivity contribution in [1.82, 2.24) is 5.32 Å². The maximum atomic E-state index is 6.00. The lowest BCUT2D eigenvalue weighted by Gasteiger charge is -2.22. The van der Waals surface area contributed by atoms with Crippen molar-refractivity contribution in [2.45, 2.75) is 26.8 Å². The molecule has 0 bridgehead atoms. The van der Waals surface area contributed by atoms with Crippen LogP contribution in [0.1, 0.15) is 25.0 Å². The summed E-state index contributed by atoms with van der Waals surface area (Å²) < 4.78 is 0. The molecule has 0 saturated heterocycles. The lowest BCUT2D eigenvalue weighted by atomic mass is 9.85. The van der Waals surface area contributed by atoms with Crippen LogP contribution in [0.15, 0.2) is 18.2 Å². The maximum Gasteiger partial charge on any atom is 0.0408 e.